The molecule has 142 valence electrons. The van der Waals surface area contributed by atoms with Crippen molar-refractivity contribution in [3.63, 3.8) is 0 Å². The summed E-state index contributed by atoms with van der Waals surface area (Å²) < 4.78 is 11.0. The van der Waals surface area contributed by atoms with Crippen molar-refractivity contribution in [1.29, 1.82) is 0 Å². The van der Waals surface area contributed by atoms with Crippen LogP contribution in [0.25, 0.3) is 0 Å². The second kappa shape index (κ2) is 8.07. The molecular formula is C20H22N2O5. The van der Waals surface area contributed by atoms with Crippen molar-refractivity contribution in [1.82, 2.24) is 4.90 Å². The Balaban J connectivity index is 1.91. The molecule has 7 heteroatoms. The maximum atomic E-state index is 13.0. The molecule has 27 heavy (non-hydrogen) atoms. The first-order valence-electron chi connectivity index (χ1n) is 8.91. The predicted molar refractivity (Wildman–Crippen MR) is 100 cm³/mol. The van der Waals surface area contributed by atoms with Gasteiger partial charge in [0, 0.05) is 25.2 Å². The van der Waals surface area contributed by atoms with Crippen molar-refractivity contribution in [2.75, 3.05) is 20.2 Å². The van der Waals surface area contributed by atoms with E-state index in [-0.39, 0.29) is 17.2 Å². The van der Waals surface area contributed by atoms with Crippen molar-refractivity contribution < 1.29 is 19.2 Å². The van der Waals surface area contributed by atoms with Crippen molar-refractivity contribution >= 4 is 11.6 Å². The van der Waals surface area contributed by atoms with Gasteiger partial charge in [-0.25, -0.2) is 0 Å². The zero-order valence-electron chi connectivity index (χ0n) is 15.4. The average molecular weight is 370 g/mol. The maximum absolute atomic E-state index is 13.0. The number of nitro benzene ring substituents is 1. The number of hydrogen-bond acceptors (Lipinski definition) is 5. The van der Waals surface area contributed by atoms with E-state index >= 15 is 0 Å². The fourth-order valence-corrected chi connectivity index (χ4v) is 2.80. The lowest BCUT2D eigenvalue weighted by molar-refractivity contribution is -0.384. The second-order valence-electron chi connectivity index (χ2n) is 6.50. The van der Waals surface area contributed by atoms with Gasteiger partial charge in [0.2, 0.25) is 0 Å². The smallest absolute Gasteiger partial charge is 0.270 e. The van der Waals surface area contributed by atoms with E-state index in [0.29, 0.717) is 36.3 Å². The fraction of sp³-hybridized carbons (Fsp3) is 0.350. The average Bonchev–Trinajstić information content (AvgIpc) is 3.50. The van der Waals surface area contributed by atoms with Crippen LogP contribution < -0.4 is 9.47 Å². The molecule has 0 aliphatic heterocycles. The molecule has 1 amide bonds. The first-order chi connectivity index (χ1) is 13.0. The van der Waals surface area contributed by atoms with E-state index in [9.17, 15) is 14.9 Å². The van der Waals surface area contributed by atoms with E-state index in [1.54, 1.807) is 36.3 Å². The molecule has 2 aromatic carbocycles. The van der Waals surface area contributed by atoms with Gasteiger partial charge in [-0.3, -0.25) is 14.9 Å². The summed E-state index contributed by atoms with van der Waals surface area (Å²) in [5, 5.41) is 11.2. The molecule has 0 saturated heterocycles. The predicted octanol–water partition coefficient (Wildman–Crippen LogP) is 4.27. The summed E-state index contributed by atoms with van der Waals surface area (Å²) in [6.07, 6.45) is 2.24. The maximum Gasteiger partial charge on any atom is 0.270 e. The van der Waals surface area contributed by atoms with Gasteiger partial charge in [0.25, 0.3) is 11.6 Å². The van der Waals surface area contributed by atoms with Gasteiger partial charge in [-0.05, 0) is 56.0 Å². The van der Waals surface area contributed by atoms with Crippen LogP contribution in [0.4, 0.5) is 5.69 Å². The molecule has 7 nitrogen and oxygen atoms in total. The molecule has 3 rings (SSSR count). The fourth-order valence-electron chi connectivity index (χ4n) is 2.80. The standard InChI is InChI=1S/C20H22N2O5/c1-3-21(13-14-4-5-14)20(23)18-12-15(22(24)25)6-11-19(18)27-17-9-7-16(26-2)8-10-17/h6-12,14H,3-5,13H2,1-2H3. The molecule has 0 atom stereocenters. The SMILES string of the molecule is CCN(CC1CC1)C(=O)c1cc([N+](=O)[O-])ccc1Oc1ccc(OC)cc1. The Labute approximate surface area is 157 Å². The molecule has 1 aliphatic carbocycles. The summed E-state index contributed by atoms with van der Waals surface area (Å²) in [4.78, 5) is 25.4. The third kappa shape index (κ3) is 4.55. The van der Waals surface area contributed by atoms with E-state index < -0.39 is 4.92 Å². The number of nitrogens with zero attached hydrogens (tertiary/aromatic N) is 2. The first-order valence-corrected chi connectivity index (χ1v) is 8.91. The molecule has 2 aromatic rings. The number of non-ortho nitro benzene ring substituents is 1. The molecule has 0 heterocycles. The summed E-state index contributed by atoms with van der Waals surface area (Å²) in [6, 6.07) is 11.0. The second-order valence-corrected chi connectivity index (χ2v) is 6.50. The minimum absolute atomic E-state index is 0.136. The third-order valence-electron chi connectivity index (χ3n) is 4.54. The summed E-state index contributed by atoms with van der Waals surface area (Å²) in [6.45, 7) is 3.11. The number of methoxy groups -OCH3 is 1. The monoisotopic (exact) mass is 370 g/mol. The van der Waals surface area contributed by atoms with Gasteiger partial charge in [0.1, 0.15) is 17.2 Å². The summed E-state index contributed by atoms with van der Waals surface area (Å²) in [5.74, 6) is 1.77. The van der Waals surface area contributed by atoms with Gasteiger partial charge in [0.15, 0.2) is 0 Å². The lowest BCUT2D eigenvalue weighted by Crippen LogP contribution is -2.33. The van der Waals surface area contributed by atoms with Crippen LogP contribution in [0.5, 0.6) is 17.2 Å². The number of rotatable bonds is 8. The Morgan fingerprint density at radius 1 is 1.19 bits per heavy atom. The van der Waals surface area contributed by atoms with Crippen LogP contribution in [-0.2, 0) is 0 Å². The van der Waals surface area contributed by atoms with Crippen molar-refractivity contribution in [2.24, 2.45) is 5.92 Å². The van der Waals surface area contributed by atoms with Crippen LogP contribution in [-0.4, -0.2) is 35.9 Å². The van der Waals surface area contributed by atoms with Crippen molar-refractivity contribution in [2.45, 2.75) is 19.8 Å². The van der Waals surface area contributed by atoms with Gasteiger partial charge in [0.05, 0.1) is 17.6 Å². The van der Waals surface area contributed by atoms with Crippen LogP contribution in [0.3, 0.4) is 0 Å². The van der Waals surface area contributed by atoms with Crippen LogP contribution >= 0.6 is 0 Å². The number of ether oxygens (including phenoxy) is 2. The highest BCUT2D eigenvalue weighted by atomic mass is 16.6. The molecule has 0 N–H and O–H groups in total. The highest BCUT2D eigenvalue weighted by Crippen LogP contribution is 2.33. The minimum Gasteiger partial charge on any atom is -0.497 e. The zero-order valence-corrected chi connectivity index (χ0v) is 15.4. The molecule has 0 aromatic heterocycles. The van der Waals surface area contributed by atoms with Crippen molar-refractivity contribution in [3.8, 4) is 17.2 Å². The normalized spacial score (nSPS) is 13.1. The molecule has 0 bridgehead atoms. The van der Waals surface area contributed by atoms with Gasteiger partial charge >= 0.3 is 0 Å². The highest BCUT2D eigenvalue weighted by Gasteiger charge is 2.28. The van der Waals surface area contributed by atoms with E-state index in [1.165, 1.54) is 18.2 Å². The Kier molecular flexibility index (Phi) is 5.59. The van der Waals surface area contributed by atoms with Crippen LogP contribution in [0, 0.1) is 16.0 Å². The first kappa shape index (κ1) is 18.7. The Hall–Kier alpha value is -3.09. The number of carbonyl (C=O) groups is 1. The number of benzene rings is 2. The van der Waals surface area contributed by atoms with Gasteiger partial charge < -0.3 is 14.4 Å². The molecule has 1 saturated carbocycles. The van der Waals surface area contributed by atoms with Crippen LogP contribution in [0.2, 0.25) is 0 Å². The lowest BCUT2D eigenvalue weighted by Gasteiger charge is -2.22. The molecular weight excluding hydrogens is 348 g/mol. The Morgan fingerprint density at radius 3 is 2.41 bits per heavy atom. The van der Waals surface area contributed by atoms with Crippen molar-refractivity contribution in [3.05, 3.63) is 58.1 Å². The minimum atomic E-state index is -0.509. The molecule has 0 radical (unpaired) electrons. The Morgan fingerprint density at radius 2 is 1.85 bits per heavy atom. The topological polar surface area (TPSA) is 81.9 Å². The zero-order chi connectivity index (χ0) is 19.4. The van der Waals surface area contributed by atoms with Crippen LogP contribution in [0.15, 0.2) is 42.5 Å². The molecule has 0 unspecified atom stereocenters. The molecule has 0 spiro atoms. The molecule has 1 fully saturated rings. The van der Waals surface area contributed by atoms with E-state index in [1.807, 2.05) is 6.92 Å². The van der Waals surface area contributed by atoms with E-state index in [0.717, 1.165) is 12.8 Å². The quantitative estimate of drug-likeness (QED) is 0.512. The summed E-state index contributed by atoms with van der Waals surface area (Å²) >= 11 is 0. The van der Waals surface area contributed by atoms with E-state index in [4.69, 9.17) is 9.47 Å². The van der Waals surface area contributed by atoms with Gasteiger partial charge in [-0.2, -0.15) is 0 Å². The third-order valence-corrected chi connectivity index (χ3v) is 4.54. The van der Waals surface area contributed by atoms with Gasteiger partial charge in [-0.15, -0.1) is 0 Å². The Bertz CT molecular complexity index is 831. The number of nitro groups is 1. The molecule has 1 aliphatic rings. The summed E-state index contributed by atoms with van der Waals surface area (Å²) in [7, 11) is 1.57. The van der Waals surface area contributed by atoms with Crippen LogP contribution in [0.1, 0.15) is 30.1 Å². The number of carbonyl (C=O) groups excluding carboxylic acids is 1. The van der Waals surface area contributed by atoms with E-state index in [2.05, 4.69) is 0 Å². The summed E-state index contributed by atoms with van der Waals surface area (Å²) in [5.41, 5.74) is 0.0606. The number of hydrogen-bond donors (Lipinski definition) is 0. The largest absolute Gasteiger partial charge is 0.497 e. The number of amides is 1. The van der Waals surface area contributed by atoms with Gasteiger partial charge in [-0.1, -0.05) is 0 Å². The highest BCUT2D eigenvalue weighted by molar-refractivity contribution is 5.97. The lowest BCUT2D eigenvalue weighted by atomic mass is 10.1.